The van der Waals surface area contributed by atoms with E-state index in [0.717, 1.165) is 17.9 Å². The molecule has 0 bridgehead atoms. The first-order valence-electron chi connectivity index (χ1n) is 5.18. The fourth-order valence-electron chi connectivity index (χ4n) is 1.49. The van der Waals surface area contributed by atoms with Crippen LogP contribution in [0.3, 0.4) is 0 Å². The Kier molecular flexibility index (Phi) is 5.40. The minimum absolute atomic E-state index is 0. The standard InChI is InChI=1S/C13H15AsN2.ClH/c14-11-6-4-10(5-7-11)9-16-13-3-1-2-12(15)8-13;/h1-8,16H,9,14-15H2;1H. The van der Waals surface area contributed by atoms with E-state index in [0.29, 0.717) is 0 Å². The Morgan fingerprint density at radius 1 is 1.06 bits per heavy atom. The van der Waals surface area contributed by atoms with Crippen molar-refractivity contribution < 1.29 is 0 Å². The van der Waals surface area contributed by atoms with E-state index in [9.17, 15) is 0 Å². The summed E-state index contributed by atoms with van der Waals surface area (Å²) in [7, 11) is 0. The fraction of sp³-hybridized carbons (Fsp3) is 0.0769. The van der Waals surface area contributed by atoms with Gasteiger partial charge in [-0.3, -0.25) is 0 Å². The third-order valence-electron chi connectivity index (χ3n) is 2.36. The summed E-state index contributed by atoms with van der Waals surface area (Å²) < 4.78 is 1.35. The molecule has 0 aliphatic carbocycles. The average Bonchev–Trinajstić information content (AvgIpc) is 2.28. The Balaban J connectivity index is 0.00000144. The summed E-state index contributed by atoms with van der Waals surface area (Å²) in [5, 5.41) is 3.35. The molecule has 0 amide bonds. The maximum absolute atomic E-state index is 5.71. The number of rotatable bonds is 3. The number of nitrogens with one attached hydrogen (secondary N) is 1. The normalized spacial score (nSPS) is 9.47. The summed E-state index contributed by atoms with van der Waals surface area (Å²) in [5.74, 6) is 0. The van der Waals surface area contributed by atoms with Crippen LogP contribution in [0, 0.1) is 0 Å². The zero-order valence-electron chi connectivity index (χ0n) is 9.39. The van der Waals surface area contributed by atoms with Gasteiger partial charge in [0.1, 0.15) is 0 Å². The molecule has 4 heteroatoms. The first-order valence-corrected chi connectivity index (χ1v) is 6.39. The van der Waals surface area contributed by atoms with Crippen molar-refractivity contribution in [1.82, 2.24) is 0 Å². The van der Waals surface area contributed by atoms with Crippen molar-refractivity contribution >= 4 is 45.0 Å². The van der Waals surface area contributed by atoms with E-state index >= 15 is 0 Å². The third-order valence-corrected chi connectivity index (χ3v) is 3.17. The van der Waals surface area contributed by atoms with Crippen molar-refractivity contribution in [2.45, 2.75) is 6.54 Å². The quantitative estimate of drug-likeness (QED) is 0.667. The molecule has 1 unspecified atom stereocenters. The van der Waals surface area contributed by atoms with E-state index in [-0.39, 0.29) is 12.4 Å². The van der Waals surface area contributed by atoms with E-state index in [1.54, 1.807) is 16.9 Å². The summed E-state index contributed by atoms with van der Waals surface area (Å²) in [6.07, 6.45) is 0. The molecular formula is C13H16AsClN2. The second-order valence-electron chi connectivity index (χ2n) is 3.72. The third kappa shape index (κ3) is 4.33. The van der Waals surface area contributed by atoms with Crippen molar-refractivity contribution in [1.29, 1.82) is 0 Å². The molecule has 0 aliphatic heterocycles. The molecule has 2 nitrogen and oxygen atoms in total. The minimum atomic E-state index is 0. The number of hydrogen-bond donors (Lipinski definition) is 2. The number of halogens is 1. The molecule has 0 radical (unpaired) electrons. The topological polar surface area (TPSA) is 38.0 Å². The molecule has 0 heterocycles. The molecule has 17 heavy (non-hydrogen) atoms. The van der Waals surface area contributed by atoms with Gasteiger partial charge in [0.15, 0.2) is 0 Å². The van der Waals surface area contributed by atoms with Gasteiger partial charge in [0.25, 0.3) is 0 Å². The Morgan fingerprint density at radius 2 is 1.76 bits per heavy atom. The second kappa shape index (κ2) is 6.58. The van der Waals surface area contributed by atoms with Crippen molar-refractivity contribution in [2.24, 2.45) is 0 Å². The molecule has 2 rings (SSSR count). The number of anilines is 2. The van der Waals surface area contributed by atoms with Gasteiger partial charge in [0.05, 0.1) is 0 Å². The summed E-state index contributed by atoms with van der Waals surface area (Å²) in [6, 6.07) is 16.4. The molecule has 0 saturated carbocycles. The van der Waals surface area contributed by atoms with E-state index in [1.165, 1.54) is 9.91 Å². The van der Waals surface area contributed by atoms with Crippen LogP contribution in [0.1, 0.15) is 5.56 Å². The van der Waals surface area contributed by atoms with Crippen LogP contribution in [0.4, 0.5) is 11.4 Å². The van der Waals surface area contributed by atoms with E-state index in [4.69, 9.17) is 5.73 Å². The van der Waals surface area contributed by atoms with Gasteiger partial charge in [-0.25, -0.2) is 0 Å². The monoisotopic (exact) mass is 310 g/mol. The molecule has 0 fully saturated rings. The molecule has 2 aromatic rings. The first-order chi connectivity index (χ1) is 7.74. The summed E-state index contributed by atoms with van der Waals surface area (Å²) in [5.41, 5.74) is 8.84. The number of nitrogens with two attached hydrogens (primary N) is 1. The molecule has 0 aromatic heterocycles. The summed E-state index contributed by atoms with van der Waals surface area (Å²) in [6.45, 7) is 0.830. The van der Waals surface area contributed by atoms with E-state index in [2.05, 4.69) is 29.6 Å². The van der Waals surface area contributed by atoms with Crippen LogP contribution in [0.2, 0.25) is 0 Å². The van der Waals surface area contributed by atoms with Gasteiger partial charge in [-0.05, 0) is 0 Å². The molecule has 3 N–H and O–H groups in total. The fourth-order valence-corrected chi connectivity index (χ4v) is 1.89. The molecule has 2 aromatic carbocycles. The first kappa shape index (κ1) is 14.0. The average molecular weight is 311 g/mol. The zero-order valence-corrected chi connectivity index (χ0v) is 12.6. The maximum atomic E-state index is 5.71. The molecule has 90 valence electrons. The van der Waals surface area contributed by atoms with Crippen LogP contribution in [0.15, 0.2) is 48.5 Å². The van der Waals surface area contributed by atoms with Crippen LogP contribution in [-0.2, 0) is 6.54 Å². The predicted molar refractivity (Wildman–Crippen MR) is 80.0 cm³/mol. The van der Waals surface area contributed by atoms with Gasteiger partial charge in [0.2, 0.25) is 0 Å². The SMILES string of the molecule is Cl.Nc1cccc(NCc2ccc([AsH2])cc2)c1. The van der Waals surface area contributed by atoms with Gasteiger partial charge in [-0.1, -0.05) is 0 Å². The molecule has 1 atom stereocenters. The predicted octanol–water partition coefficient (Wildman–Crippen LogP) is 1.56. The number of hydrogen-bond acceptors (Lipinski definition) is 2. The van der Waals surface area contributed by atoms with Gasteiger partial charge in [-0.15, -0.1) is 12.4 Å². The van der Waals surface area contributed by atoms with Crippen molar-refractivity contribution in [3.63, 3.8) is 0 Å². The van der Waals surface area contributed by atoms with Crippen LogP contribution < -0.4 is 15.4 Å². The number of benzene rings is 2. The van der Waals surface area contributed by atoms with E-state index < -0.39 is 0 Å². The Bertz CT molecular complexity index is 471. The summed E-state index contributed by atoms with van der Waals surface area (Å²) in [4.78, 5) is 0. The summed E-state index contributed by atoms with van der Waals surface area (Å²) >= 11 is 1.65. The Labute approximate surface area is 117 Å². The molecular weight excluding hydrogens is 295 g/mol. The van der Waals surface area contributed by atoms with Crippen molar-refractivity contribution in [3.05, 3.63) is 54.1 Å². The molecule has 0 spiro atoms. The molecule has 0 aliphatic rings. The second-order valence-corrected chi connectivity index (χ2v) is 5.12. The Morgan fingerprint density at radius 3 is 2.41 bits per heavy atom. The molecule has 0 saturated heterocycles. The van der Waals surface area contributed by atoms with Crippen molar-refractivity contribution in [2.75, 3.05) is 11.1 Å². The number of nitrogen functional groups attached to an aromatic ring is 1. The zero-order chi connectivity index (χ0) is 11.4. The van der Waals surface area contributed by atoms with Gasteiger partial charge in [0, 0.05) is 0 Å². The van der Waals surface area contributed by atoms with Crippen LogP contribution in [0.5, 0.6) is 0 Å². The van der Waals surface area contributed by atoms with Crippen molar-refractivity contribution in [3.8, 4) is 0 Å². The van der Waals surface area contributed by atoms with Gasteiger partial charge < -0.3 is 0 Å². The van der Waals surface area contributed by atoms with Gasteiger partial charge >= 0.3 is 104 Å². The van der Waals surface area contributed by atoms with Crippen LogP contribution in [-0.4, -0.2) is 16.9 Å². The van der Waals surface area contributed by atoms with E-state index in [1.807, 2.05) is 24.3 Å². The van der Waals surface area contributed by atoms with Gasteiger partial charge in [-0.2, -0.15) is 0 Å². The Hall–Kier alpha value is -1.11. The van der Waals surface area contributed by atoms with Crippen LogP contribution >= 0.6 is 12.4 Å². The van der Waals surface area contributed by atoms with Crippen LogP contribution in [0.25, 0.3) is 0 Å².